The second-order valence-corrected chi connectivity index (χ2v) is 8.91. The van der Waals surface area contributed by atoms with Gasteiger partial charge in [-0.2, -0.15) is 5.26 Å². The van der Waals surface area contributed by atoms with Crippen LogP contribution in [-0.2, 0) is 17.0 Å². The summed E-state index contributed by atoms with van der Waals surface area (Å²) >= 11 is 1.36. The van der Waals surface area contributed by atoms with Crippen molar-refractivity contribution in [1.29, 1.82) is 5.26 Å². The van der Waals surface area contributed by atoms with Gasteiger partial charge < -0.3 is 15.1 Å². The highest BCUT2D eigenvalue weighted by Crippen LogP contribution is 2.39. The number of rotatable bonds is 6. The lowest BCUT2D eigenvalue weighted by atomic mass is 10.1. The number of halogens is 1. The highest BCUT2D eigenvalue weighted by atomic mass is 32.2. The van der Waals surface area contributed by atoms with Gasteiger partial charge in [-0.3, -0.25) is 4.79 Å². The SMILES string of the molecule is [C-]#[N+]c1c(N2CCCN(C)CC2)nc(SCc2ccc(NC(C)=O)c(F)c2)c(C#N)c1CC. The summed E-state index contributed by atoms with van der Waals surface area (Å²) in [5.41, 5.74) is 2.43. The zero-order valence-electron chi connectivity index (χ0n) is 19.1. The number of pyridine rings is 1. The van der Waals surface area contributed by atoms with Gasteiger partial charge in [-0.1, -0.05) is 13.0 Å². The van der Waals surface area contributed by atoms with Crippen molar-refractivity contribution in [1.82, 2.24) is 9.88 Å². The molecule has 1 aromatic heterocycles. The topological polar surface area (TPSA) is 76.6 Å². The van der Waals surface area contributed by atoms with Crippen LogP contribution in [0.4, 0.5) is 21.6 Å². The molecule has 0 unspecified atom stereocenters. The van der Waals surface area contributed by atoms with Gasteiger partial charge in [0.1, 0.15) is 22.7 Å². The molecule has 1 amide bonds. The molecule has 0 radical (unpaired) electrons. The Labute approximate surface area is 198 Å². The molecule has 0 saturated carbocycles. The molecule has 1 N–H and O–H groups in total. The number of carbonyl (C=O) groups is 1. The first kappa shape index (κ1) is 24.5. The summed E-state index contributed by atoms with van der Waals surface area (Å²) < 4.78 is 14.3. The minimum absolute atomic E-state index is 0.134. The van der Waals surface area contributed by atoms with E-state index < -0.39 is 5.82 Å². The van der Waals surface area contributed by atoms with E-state index in [1.54, 1.807) is 6.07 Å². The molecule has 0 atom stereocenters. The van der Waals surface area contributed by atoms with Crippen LogP contribution in [0.1, 0.15) is 37.0 Å². The second-order valence-electron chi connectivity index (χ2n) is 7.95. The molecule has 1 aliphatic rings. The van der Waals surface area contributed by atoms with Gasteiger partial charge in [0, 0.05) is 32.3 Å². The Bertz CT molecular complexity index is 1120. The minimum Gasteiger partial charge on any atom is -0.364 e. The maximum absolute atomic E-state index is 14.3. The first-order valence-corrected chi connectivity index (χ1v) is 11.8. The predicted octanol–water partition coefficient (Wildman–Crippen LogP) is 4.60. The van der Waals surface area contributed by atoms with Crippen molar-refractivity contribution < 1.29 is 9.18 Å². The number of carbonyl (C=O) groups excluding carboxylic acids is 1. The van der Waals surface area contributed by atoms with Crippen molar-refractivity contribution in [3.63, 3.8) is 0 Å². The van der Waals surface area contributed by atoms with Gasteiger partial charge in [-0.05, 0) is 49.7 Å². The molecular formula is C24H27FN6OS. The fourth-order valence-electron chi connectivity index (χ4n) is 3.84. The smallest absolute Gasteiger partial charge is 0.232 e. The van der Waals surface area contributed by atoms with Crippen LogP contribution in [0, 0.1) is 23.7 Å². The highest BCUT2D eigenvalue weighted by molar-refractivity contribution is 7.98. The van der Waals surface area contributed by atoms with Crippen molar-refractivity contribution in [2.75, 3.05) is 43.4 Å². The van der Waals surface area contributed by atoms with Crippen molar-refractivity contribution in [3.8, 4) is 6.07 Å². The van der Waals surface area contributed by atoms with E-state index in [4.69, 9.17) is 11.6 Å². The number of nitrogens with one attached hydrogen (secondary N) is 1. The molecule has 172 valence electrons. The molecule has 1 aliphatic heterocycles. The molecule has 2 aromatic rings. The lowest BCUT2D eigenvalue weighted by Gasteiger charge is -2.25. The average Bonchev–Trinajstić information content (AvgIpc) is 3.02. The summed E-state index contributed by atoms with van der Waals surface area (Å²) in [5, 5.41) is 12.9. The van der Waals surface area contributed by atoms with Gasteiger partial charge in [0.15, 0.2) is 0 Å². The fraction of sp³-hybridized carbons (Fsp3) is 0.417. The first-order valence-electron chi connectivity index (χ1n) is 10.8. The Hall–Kier alpha value is -3.14. The molecule has 0 aliphatic carbocycles. The number of anilines is 2. The van der Waals surface area contributed by atoms with E-state index in [9.17, 15) is 14.4 Å². The Morgan fingerprint density at radius 2 is 2.15 bits per heavy atom. The number of thioether (sulfide) groups is 1. The van der Waals surface area contributed by atoms with Crippen LogP contribution in [0.3, 0.4) is 0 Å². The normalized spacial score (nSPS) is 14.3. The van der Waals surface area contributed by atoms with E-state index in [0.29, 0.717) is 45.4 Å². The van der Waals surface area contributed by atoms with Gasteiger partial charge in [-0.25, -0.2) is 14.2 Å². The van der Waals surface area contributed by atoms with E-state index in [-0.39, 0.29) is 11.6 Å². The predicted molar refractivity (Wildman–Crippen MR) is 129 cm³/mol. The Balaban J connectivity index is 1.94. The largest absolute Gasteiger partial charge is 0.364 e. The van der Waals surface area contributed by atoms with E-state index >= 15 is 0 Å². The Morgan fingerprint density at radius 3 is 2.79 bits per heavy atom. The van der Waals surface area contributed by atoms with Crippen molar-refractivity contribution in [2.45, 2.75) is 37.5 Å². The lowest BCUT2D eigenvalue weighted by Crippen LogP contribution is -2.29. The molecule has 1 aromatic carbocycles. The number of likely N-dealkylation sites (N-methyl/N-ethyl adjacent to an activating group) is 1. The molecule has 33 heavy (non-hydrogen) atoms. The number of benzene rings is 1. The Morgan fingerprint density at radius 1 is 1.36 bits per heavy atom. The summed E-state index contributed by atoms with van der Waals surface area (Å²) in [6.45, 7) is 14.5. The molecule has 0 spiro atoms. The summed E-state index contributed by atoms with van der Waals surface area (Å²) in [4.78, 5) is 24.2. The Kier molecular flexibility index (Phi) is 8.26. The fourth-order valence-corrected chi connectivity index (χ4v) is 4.79. The first-order chi connectivity index (χ1) is 15.9. The summed E-state index contributed by atoms with van der Waals surface area (Å²) in [6.07, 6.45) is 1.52. The second kappa shape index (κ2) is 11.1. The van der Waals surface area contributed by atoms with Crippen LogP contribution in [0.15, 0.2) is 23.2 Å². The zero-order chi connectivity index (χ0) is 24.0. The highest BCUT2D eigenvalue weighted by Gasteiger charge is 2.24. The van der Waals surface area contributed by atoms with Gasteiger partial charge >= 0.3 is 0 Å². The van der Waals surface area contributed by atoms with Gasteiger partial charge in [0.2, 0.25) is 11.6 Å². The summed E-state index contributed by atoms with van der Waals surface area (Å²) in [5.74, 6) is 0.189. The number of nitriles is 1. The minimum atomic E-state index is -0.510. The summed E-state index contributed by atoms with van der Waals surface area (Å²) in [7, 11) is 2.08. The van der Waals surface area contributed by atoms with Crippen LogP contribution >= 0.6 is 11.8 Å². The van der Waals surface area contributed by atoms with E-state index in [1.807, 2.05) is 6.92 Å². The van der Waals surface area contributed by atoms with Gasteiger partial charge in [0.25, 0.3) is 0 Å². The number of amides is 1. The van der Waals surface area contributed by atoms with E-state index in [1.165, 1.54) is 30.8 Å². The molecule has 0 bridgehead atoms. The average molecular weight is 467 g/mol. The third kappa shape index (κ3) is 5.81. The number of nitrogens with zero attached hydrogens (tertiary/aromatic N) is 5. The maximum atomic E-state index is 14.3. The maximum Gasteiger partial charge on any atom is 0.232 e. The number of aromatic nitrogens is 1. The third-order valence-corrected chi connectivity index (χ3v) is 6.58. The lowest BCUT2D eigenvalue weighted by molar-refractivity contribution is -0.114. The van der Waals surface area contributed by atoms with Crippen LogP contribution in [-0.4, -0.2) is 49.0 Å². The molecule has 3 rings (SSSR count). The van der Waals surface area contributed by atoms with Crippen LogP contribution in [0.2, 0.25) is 0 Å². The van der Waals surface area contributed by atoms with Gasteiger partial charge in [-0.15, -0.1) is 11.8 Å². The van der Waals surface area contributed by atoms with Crippen LogP contribution in [0.25, 0.3) is 4.85 Å². The third-order valence-electron chi connectivity index (χ3n) is 5.54. The number of hydrogen-bond acceptors (Lipinski definition) is 6. The molecule has 1 fully saturated rings. The van der Waals surface area contributed by atoms with Crippen LogP contribution < -0.4 is 10.2 Å². The molecular weight excluding hydrogens is 439 g/mol. The number of hydrogen-bond donors (Lipinski definition) is 1. The zero-order valence-corrected chi connectivity index (χ0v) is 19.9. The van der Waals surface area contributed by atoms with Crippen LogP contribution in [0.5, 0.6) is 0 Å². The molecule has 9 heteroatoms. The summed E-state index contributed by atoms with van der Waals surface area (Å²) in [6, 6.07) is 6.90. The molecule has 1 saturated heterocycles. The van der Waals surface area contributed by atoms with Crippen molar-refractivity contribution in [2.24, 2.45) is 0 Å². The quantitative estimate of drug-likeness (QED) is 0.495. The molecule has 7 nitrogen and oxygen atoms in total. The standard InChI is InChI=1S/C24H27FN6OS/c1-5-18-19(14-26)24(33-15-17-7-8-21(20(25)13-17)28-16(2)32)29-23(22(18)27-3)31-10-6-9-30(4)11-12-31/h7-8,13H,5-6,9-12,15H2,1-2,4H3,(H,28,32). The monoisotopic (exact) mass is 466 g/mol. The van der Waals surface area contributed by atoms with Gasteiger partial charge in [0.05, 0.1) is 17.8 Å². The van der Waals surface area contributed by atoms with Crippen molar-refractivity contribution in [3.05, 3.63) is 52.1 Å². The molecule has 2 heterocycles. The van der Waals surface area contributed by atoms with E-state index in [0.717, 1.165) is 32.6 Å². The van der Waals surface area contributed by atoms with Crippen molar-refractivity contribution >= 4 is 34.9 Å². The van der Waals surface area contributed by atoms with E-state index in [2.05, 4.69) is 33.1 Å².